The molecule has 3 aromatic heterocycles. The molecule has 2 N–H and O–H groups in total. The smallest absolute Gasteiger partial charge is 0.407 e. The van der Waals surface area contributed by atoms with Crippen molar-refractivity contribution in [3.63, 3.8) is 0 Å². The molecule has 0 aliphatic carbocycles. The first kappa shape index (κ1) is 30.4. The number of aryl methyl sites for hydroxylation is 1. The van der Waals surface area contributed by atoms with E-state index in [1.165, 1.54) is 6.20 Å². The van der Waals surface area contributed by atoms with Gasteiger partial charge < -0.3 is 20.1 Å². The fourth-order valence-corrected chi connectivity index (χ4v) is 2.47. The van der Waals surface area contributed by atoms with Crippen molar-refractivity contribution in [2.45, 2.75) is 72.8 Å². The van der Waals surface area contributed by atoms with E-state index < -0.39 is 23.4 Å². The Balaban J connectivity index is 0.000000283. The van der Waals surface area contributed by atoms with Gasteiger partial charge in [0, 0.05) is 12.4 Å². The standard InChI is InChI=1S/C13H17N7O2.C11H14N4O2/c1-8-17-19-11(20-18-8)10-14-6-5-9(16-10)7-15-12(21)22-13(2,3)4;1-11(2,3)17-10(16)14-7-8-4-5-13-9(6-12)15-8/h5-6H,7H2,1-4H3,(H,15,21);4-5H,7H2,1-3H3,(H,14,16). The maximum Gasteiger partial charge on any atom is 0.407 e. The number of ether oxygens (including phenoxy) is 2. The van der Waals surface area contributed by atoms with E-state index >= 15 is 0 Å². The highest BCUT2D eigenvalue weighted by molar-refractivity contribution is 5.68. The number of aromatic nitrogens is 8. The van der Waals surface area contributed by atoms with Crippen LogP contribution in [0.25, 0.3) is 11.6 Å². The molecule has 3 aromatic rings. The number of carbonyl (C=O) groups is 2. The van der Waals surface area contributed by atoms with Crippen molar-refractivity contribution in [1.29, 1.82) is 5.26 Å². The van der Waals surface area contributed by atoms with Gasteiger partial charge in [-0.25, -0.2) is 29.5 Å². The molecule has 0 radical (unpaired) electrons. The Morgan fingerprint density at radius 1 is 0.795 bits per heavy atom. The second-order valence-electron chi connectivity index (χ2n) is 9.84. The van der Waals surface area contributed by atoms with Gasteiger partial charge in [0.05, 0.1) is 24.5 Å². The van der Waals surface area contributed by atoms with Gasteiger partial charge in [0.2, 0.25) is 17.5 Å². The van der Waals surface area contributed by atoms with Gasteiger partial charge in [0.15, 0.2) is 5.82 Å². The minimum atomic E-state index is -0.548. The van der Waals surface area contributed by atoms with Gasteiger partial charge in [-0.3, -0.25) is 0 Å². The summed E-state index contributed by atoms with van der Waals surface area (Å²) in [5.41, 5.74) is 0.0733. The van der Waals surface area contributed by atoms with Crippen LogP contribution in [0.4, 0.5) is 9.59 Å². The number of hydrogen-bond donors (Lipinski definition) is 2. The number of rotatable bonds is 5. The quantitative estimate of drug-likeness (QED) is 0.480. The number of amides is 2. The molecule has 3 heterocycles. The molecule has 39 heavy (non-hydrogen) atoms. The Labute approximate surface area is 225 Å². The monoisotopic (exact) mass is 537 g/mol. The van der Waals surface area contributed by atoms with Gasteiger partial charge in [-0.1, -0.05) is 0 Å². The second-order valence-corrected chi connectivity index (χ2v) is 9.84. The van der Waals surface area contributed by atoms with E-state index in [0.717, 1.165) is 0 Å². The van der Waals surface area contributed by atoms with Crippen LogP contribution in [-0.2, 0) is 22.6 Å². The number of carbonyl (C=O) groups excluding carboxylic acids is 2. The average Bonchev–Trinajstić information content (AvgIpc) is 2.85. The molecule has 0 saturated carbocycles. The van der Waals surface area contributed by atoms with Crippen molar-refractivity contribution in [3.8, 4) is 17.7 Å². The fraction of sp³-hybridized carbons (Fsp3) is 0.458. The van der Waals surface area contributed by atoms with E-state index in [1.54, 1.807) is 66.8 Å². The largest absolute Gasteiger partial charge is 0.444 e. The summed E-state index contributed by atoms with van der Waals surface area (Å²) in [6.45, 7) is 12.8. The maximum atomic E-state index is 11.6. The second kappa shape index (κ2) is 13.6. The molecule has 0 saturated heterocycles. The summed E-state index contributed by atoms with van der Waals surface area (Å²) < 4.78 is 10.2. The molecule has 0 spiro atoms. The molecule has 0 fully saturated rings. The third-order valence-corrected chi connectivity index (χ3v) is 3.93. The third kappa shape index (κ3) is 12.3. The maximum absolute atomic E-state index is 11.6. The van der Waals surface area contributed by atoms with Gasteiger partial charge in [-0.2, -0.15) is 5.26 Å². The lowest BCUT2D eigenvalue weighted by Crippen LogP contribution is -2.32. The molecule has 3 rings (SSSR count). The topological polar surface area (TPSA) is 204 Å². The lowest BCUT2D eigenvalue weighted by molar-refractivity contribution is 0.0511. The summed E-state index contributed by atoms with van der Waals surface area (Å²) in [5, 5.41) is 29.1. The zero-order valence-electron chi connectivity index (χ0n) is 22.9. The predicted molar refractivity (Wildman–Crippen MR) is 136 cm³/mol. The van der Waals surface area contributed by atoms with Gasteiger partial charge in [-0.15, -0.1) is 20.4 Å². The molecule has 0 bridgehead atoms. The first-order chi connectivity index (χ1) is 18.2. The summed E-state index contributed by atoms with van der Waals surface area (Å²) in [4.78, 5) is 38.9. The van der Waals surface area contributed by atoms with Crippen molar-refractivity contribution >= 4 is 12.2 Å². The zero-order chi connectivity index (χ0) is 29.1. The van der Waals surface area contributed by atoms with Gasteiger partial charge in [-0.05, 0) is 60.6 Å². The predicted octanol–water partition coefficient (Wildman–Crippen LogP) is 2.43. The van der Waals surface area contributed by atoms with Crippen LogP contribution in [0.2, 0.25) is 0 Å². The van der Waals surface area contributed by atoms with Crippen LogP contribution in [0, 0.1) is 18.3 Å². The van der Waals surface area contributed by atoms with E-state index in [1.807, 2.05) is 6.07 Å². The third-order valence-electron chi connectivity index (χ3n) is 3.93. The number of hydrogen-bond acceptors (Lipinski definition) is 13. The number of nitrogens with zero attached hydrogens (tertiary/aromatic N) is 9. The number of alkyl carbamates (subject to hydrolysis) is 2. The van der Waals surface area contributed by atoms with Crippen molar-refractivity contribution in [2.75, 3.05) is 0 Å². The Hall–Kier alpha value is -4.87. The van der Waals surface area contributed by atoms with Crippen molar-refractivity contribution < 1.29 is 19.1 Å². The van der Waals surface area contributed by atoms with Crippen molar-refractivity contribution in [3.05, 3.63) is 47.6 Å². The normalized spacial score (nSPS) is 10.8. The minimum absolute atomic E-state index is 0.0773. The molecular weight excluding hydrogens is 506 g/mol. The van der Waals surface area contributed by atoms with E-state index in [-0.39, 0.29) is 24.7 Å². The molecule has 0 aliphatic heterocycles. The van der Waals surface area contributed by atoms with E-state index in [0.29, 0.717) is 23.0 Å². The molecule has 0 aromatic carbocycles. The molecule has 15 nitrogen and oxygen atoms in total. The molecule has 0 atom stereocenters. The minimum Gasteiger partial charge on any atom is -0.444 e. The summed E-state index contributed by atoms with van der Waals surface area (Å²) in [6.07, 6.45) is 1.99. The Kier molecular flexibility index (Phi) is 10.6. The van der Waals surface area contributed by atoms with Gasteiger partial charge in [0.1, 0.15) is 17.3 Å². The van der Waals surface area contributed by atoms with Crippen LogP contribution in [0.3, 0.4) is 0 Å². The van der Waals surface area contributed by atoms with Crippen LogP contribution in [0.1, 0.15) is 64.6 Å². The van der Waals surface area contributed by atoms with E-state index in [9.17, 15) is 9.59 Å². The SMILES string of the molecule is CC(C)(C)OC(=O)NCc1ccnc(C#N)n1.Cc1nnc(-c2nccc(CNC(=O)OC(C)(C)C)n2)nn1. The molecule has 0 unspecified atom stereocenters. The lowest BCUT2D eigenvalue weighted by atomic mass is 10.2. The summed E-state index contributed by atoms with van der Waals surface area (Å²) >= 11 is 0. The first-order valence-electron chi connectivity index (χ1n) is 11.8. The van der Waals surface area contributed by atoms with Crippen LogP contribution in [0.15, 0.2) is 24.5 Å². The highest BCUT2D eigenvalue weighted by Crippen LogP contribution is 2.09. The molecule has 0 aliphatic rings. The Bertz CT molecular complexity index is 1300. The summed E-state index contributed by atoms with van der Waals surface area (Å²) in [6, 6.07) is 5.13. The molecule has 15 heteroatoms. The number of nitrogens with one attached hydrogen (secondary N) is 2. The van der Waals surface area contributed by atoms with E-state index in [4.69, 9.17) is 14.7 Å². The van der Waals surface area contributed by atoms with Gasteiger partial charge in [0.25, 0.3) is 0 Å². The Morgan fingerprint density at radius 2 is 1.28 bits per heavy atom. The molecule has 206 valence electrons. The fourth-order valence-electron chi connectivity index (χ4n) is 2.47. The van der Waals surface area contributed by atoms with Crippen molar-refractivity contribution in [1.82, 2.24) is 51.0 Å². The van der Waals surface area contributed by atoms with E-state index in [2.05, 4.69) is 51.0 Å². The van der Waals surface area contributed by atoms with Crippen LogP contribution in [-0.4, -0.2) is 63.7 Å². The average molecular weight is 538 g/mol. The summed E-state index contributed by atoms with van der Waals surface area (Å²) in [5.74, 6) is 1.06. The lowest BCUT2D eigenvalue weighted by Gasteiger charge is -2.19. The highest BCUT2D eigenvalue weighted by Gasteiger charge is 2.17. The highest BCUT2D eigenvalue weighted by atomic mass is 16.6. The van der Waals surface area contributed by atoms with Crippen LogP contribution < -0.4 is 10.6 Å². The first-order valence-corrected chi connectivity index (χ1v) is 11.8. The zero-order valence-corrected chi connectivity index (χ0v) is 22.9. The van der Waals surface area contributed by atoms with Crippen LogP contribution in [0.5, 0.6) is 0 Å². The number of nitriles is 1. The molecular formula is C24H31N11O4. The van der Waals surface area contributed by atoms with Crippen LogP contribution >= 0.6 is 0 Å². The Morgan fingerprint density at radius 3 is 1.77 bits per heavy atom. The molecule has 2 amide bonds. The van der Waals surface area contributed by atoms with Gasteiger partial charge >= 0.3 is 12.2 Å². The summed E-state index contributed by atoms with van der Waals surface area (Å²) in [7, 11) is 0. The van der Waals surface area contributed by atoms with Crippen molar-refractivity contribution in [2.24, 2.45) is 0 Å².